The third kappa shape index (κ3) is 5.07. The second-order valence-electron chi connectivity index (χ2n) is 5.04. The fourth-order valence-electron chi connectivity index (χ4n) is 2.39. The lowest BCUT2D eigenvalue weighted by molar-refractivity contribution is 0.204. The molecule has 1 aliphatic rings. The number of ether oxygens (including phenoxy) is 1. The van der Waals surface area contributed by atoms with E-state index in [0.717, 1.165) is 19.3 Å². The maximum absolute atomic E-state index is 11.9. The molecule has 1 aliphatic carbocycles. The Morgan fingerprint density at radius 1 is 1.42 bits per heavy atom. The van der Waals surface area contributed by atoms with Crippen LogP contribution in [0.25, 0.3) is 0 Å². The third-order valence-electron chi connectivity index (χ3n) is 3.68. The number of rotatable bonds is 7. The summed E-state index contributed by atoms with van der Waals surface area (Å²) in [5.74, 6) is 0.604. The molecule has 7 heteroatoms. The Kier molecular flexibility index (Phi) is 6.20. The van der Waals surface area contributed by atoms with Crippen molar-refractivity contribution in [2.24, 2.45) is 5.92 Å². The van der Waals surface area contributed by atoms with Gasteiger partial charge in [0.15, 0.2) is 0 Å². The molecule has 0 aliphatic heterocycles. The minimum atomic E-state index is -3.65. The van der Waals surface area contributed by atoms with Crippen molar-refractivity contribution in [2.75, 3.05) is 20.3 Å². The van der Waals surface area contributed by atoms with E-state index < -0.39 is 15.7 Å². The van der Waals surface area contributed by atoms with Crippen LogP contribution >= 0.6 is 0 Å². The van der Waals surface area contributed by atoms with E-state index in [2.05, 4.69) is 22.4 Å². The van der Waals surface area contributed by atoms with Gasteiger partial charge in [-0.1, -0.05) is 13.3 Å². The largest absolute Gasteiger partial charge is 0.383 e. The summed E-state index contributed by atoms with van der Waals surface area (Å²) in [4.78, 5) is 0. The van der Waals surface area contributed by atoms with Gasteiger partial charge in [-0.15, -0.1) is 0 Å². The molecule has 6 nitrogen and oxygen atoms in total. The first-order chi connectivity index (χ1) is 8.97. The molecular weight excluding hydrogens is 266 g/mol. The molecule has 0 atom stereocenters. The Labute approximate surface area is 115 Å². The van der Waals surface area contributed by atoms with Crippen LogP contribution in [0.3, 0.4) is 0 Å². The summed E-state index contributed by atoms with van der Waals surface area (Å²) in [6.07, 6.45) is 4.02. The van der Waals surface area contributed by atoms with Gasteiger partial charge < -0.3 is 4.74 Å². The van der Waals surface area contributed by atoms with Crippen molar-refractivity contribution in [1.29, 1.82) is 5.26 Å². The summed E-state index contributed by atoms with van der Waals surface area (Å²) in [5.41, 5.74) is -0.954. The standard InChI is InChI=1S/C12H23N3O3S/c1-3-11-4-6-12(10-13,7-5-11)15-19(16,17)14-8-9-18-2/h11,14-15H,3-9H2,1-2H3. The van der Waals surface area contributed by atoms with Gasteiger partial charge >= 0.3 is 0 Å². The van der Waals surface area contributed by atoms with Gasteiger partial charge in [-0.25, -0.2) is 0 Å². The summed E-state index contributed by atoms with van der Waals surface area (Å²) >= 11 is 0. The van der Waals surface area contributed by atoms with E-state index >= 15 is 0 Å². The quantitative estimate of drug-likeness (QED) is 0.682. The van der Waals surface area contributed by atoms with Crippen LogP contribution in [-0.2, 0) is 14.9 Å². The average molecular weight is 289 g/mol. The highest BCUT2D eigenvalue weighted by Crippen LogP contribution is 2.33. The zero-order valence-corrected chi connectivity index (χ0v) is 12.4. The second-order valence-corrected chi connectivity index (χ2v) is 6.54. The monoisotopic (exact) mass is 289 g/mol. The molecule has 110 valence electrons. The first kappa shape index (κ1) is 16.4. The normalized spacial score (nSPS) is 27.9. The van der Waals surface area contributed by atoms with Crippen molar-refractivity contribution in [1.82, 2.24) is 9.44 Å². The highest BCUT2D eigenvalue weighted by Gasteiger charge is 2.38. The lowest BCUT2D eigenvalue weighted by Crippen LogP contribution is -2.53. The van der Waals surface area contributed by atoms with Crippen molar-refractivity contribution in [2.45, 2.75) is 44.6 Å². The Morgan fingerprint density at radius 3 is 2.53 bits per heavy atom. The van der Waals surface area contributed by atoms with Crippen molar-refractivity contribution in [3.63, 3.8) is 0 Å². The molecule has 0 radical (unpaired) electrons. The lowest BCUT2D eigenvalue weighted by atomic mass is 9.77. The van der Waals surface area contributed by atoms with E-state index in [4.69, 9.17) is 4.74 Å². The van der Waals surface area contributed by atoms with Gasteiger partial charge in [0.2, 0.25) is 0 Å². The molecule has 19 heavy (non-hydrogen) atoms. The summed E-state index contributed by atoms with van der Waals surface area (Å²) in [6.45, 7) is 2.63. The Morgan fingerprint density at radius 2 is 2.05 bits per heavy atom. The Bertz CT molecular complexity index is 408. The summed E-state index contributed by atoms with van der Waals surface area (Å²) in [6, 6.07) is 2.15. The van der Waals surface area contributed by atoms with Crippen LogP contribution in [0.2, 0.25) is 0 Å². The maximum atomic E-state index is 11.9. The summed E-state index contributed by atoms with van der Waals surface area (Å²) in [5, 5.41) is 9.31. The zero-order chi connectivity index (χ0) is 14.4. The minimum absolute atomic E-state index is 0.199. The molecule has 0 saturated heterocycles. The Balaban J connectivity index is 2.59. The third-order valence-corrected chi connectivity index (χ3v) is 4.92. The van der Waals surface area contributed by atoms with Crippen molar-refractivity contribution in [3.8, 4) is 6.07 Å². The van der Waals surface area contributed by atoms with Gasteiger partial charge in [0.05, 0.1) is 12.7 Å². The molecule has 0 bridgehead atoms. The van der Waals surface area contributed by atoms with Crippen LogP contribution in [0.1, 0.15) is 39.0 Å². The first-order valence-electron chi connectivity index (χ1n) is 6.65. The van der Waals surface area contributed by atoms with Crippen molar-refractivity contribution >= 4 is 10.2 Å². The fourth-order valence-corrected chi connectivity index (χ4v) is 3.58. The number of hydrogen-bond acceptors (Lipinski definition) is 4. The summed E-state index contributed by atoms with van der Waals surface area (Å²) in [7, 11) is -2.15. The van der Waals surface area contributed by atoms with Crippen LogP contribution in [0.4, 0.5) is 0 Å². The number of nitrogens with zero attached hydrogens (tertiary/aromatic N) is 1. The van der Waals surface area contributed by atoms with Crippen LogP contribution < -0.4 is 9.44 Å². The predicted octanol–water partition coefficient (Wildman–Crippen LogP) is 0.919. The van der Waals surface area contributed by atoms with E-state index in [-0.39, 0.29) is 6.54 Å². The second kappa shape index (κ2) is 7.20. The van der Waals surface area contributed by atoms with E-state index in [1.165, 1.54) is 7.11 Å². The highest BCUT2D eigenvalue weighted by atomic mass is 32.2. The van der Waals surface area contributed by atoms with Gasteiger partial charge in [0.1, 0.15) is 5.54 Å². The number of methoxy groups -OCH3 is 1. The molecular formula is C12H23N3O3S. The number of nitriles is 1. The summed E-state index contributed by atoms with van der Waals surface area (Å²) < 4.78 is 33.4. The smallest absolute Gasteiger partial charge is 0.278 e. The zero-order valence-electron chi connectivity index (χ0n) is 11.6. The van der Waals surface area contributed by atoms with Crippen molar-refractivity contribution in [3.05, 3.63) is 0 Å². The van der Waals surface area contributed by atoms with Gasteiger partial charge in [-0.2, -0.15) is 23.1 Å². The van der Waals surface area contributed by atoms with Crippen LogP contribution in [0.15, 0.2) is 0 Å². The number of nitrogens with one attached hydrogen (secondary N) is 2. The van der Waals surface area contributed by atoms with Gasteiger partial charge in [-0.3, -0.25) is 0 Å². The van der Waals surface area contributed by atoms with Crippen LogP contribution in [0, 0.1) is 17.2 Å². The molecule has 2 N–H and O–H groups in total. The van der Waals surface area contributed by atoms with Crippen LogP contribution in [-0.4, -0.2) is 34.2 Å². The van der Waals surface area contributed by atoms with E-state index in [1.54, 1.807) is 0 Å². The van der Waals surface area contributed by atoms with Gasteiger partial charge in [-0.05, 0) is 31.6 Å². The minimum Gasteiger partial charge on any atom is -0.383 e. The molecule has 0 aromatic rings. The molecule has 1 fully saturated rings. The lowest BCUT2D eigenvalue weighted by Gasteiger charge is -2.34. The molecule has 0 spiro atoms. The molecule has 1 saturated carbocycles. The van der Waals surface area contributed by atoms with Gasteiger partial charge in [0, 0.05) is 13.7 Å². The highest BCUT2D eigenvalue weighted by molar-refractivity contribution is 7.87. The Hall–Kier alpha value is -0.680. The maximum Gasteiger partial charge on any atom is 0.278 e. The van der Waals surface area contributed by atoms with Crippen molar-refractivity contribution < 1.29 is 13.2 Å². The fraction of sp³-hybridized carbons (Fsp3) is 0.917. The molecule has 0 unspecified atom stereocenters. The predicted molar refractivity (Wildman–Crippen MR) is 72.5 cm³/mol. The first-order valence-corrected chi connectivity index (χ1v) is 8.14. The molecule has 0 amide bonds. The molecule has 0 aromatic heterocycles. The average Bonchev–Trinajstić information content (AvgIpc) is 2.39. The van der Waals surface area contributed by atoms with E-state index in [1.807, 2.05) is 0 Å². The molecule has 1 rings (SSSR count). The number of hydrogen-bond donors (Lipinski definition) is 2. The van der Waals surface area contributed by atoms with E-state index in [0.29, 0.717) is 25.4 Å². The van der Waals surface area contributed by atoms with E-state index in [9.17, 15) is 13.7 Å². The van der Waals surface area contributed by atoms with Gasteiger partial charge in [0.25, 0.3) is 10.2 Å². The molecule has 0 heterocycles. The SMILES string of the molecule is CCC1CCC(C#N)(NS(=O)(=O)NCCOC)CC1. The van der Waals surface area contributed by atoms with Crippen LogP contribution in [0.5, 0.6) is 0 Å². The molecule has 0 aromatic carbocycles. The topological polar surface area (TPSA) is 91.2 Å².